The fourth-order valence-electron chi connectivity index (χ4n) is 5.10. The Morgan fingerprint density at radius 2 is 1.76 bits per heavy atom. The lowest BCUT2D eigenvalue weighted by atomic mass is 9.96. The van der Waals surface area contributed by atoms with E-state index in [2.05, 4.69) is 39.7 Å². The molecular weight excluding hydrogens is 520 g/mol. The van der Waals surface area contributed by atoms with Crippen LogP contribution in [0.1, 0.15) is 45.1 Å². The van der Waals surface area contributed by atoms with E-state index in [4.69, 9.17) is 33.3 Å². The van der Waals surface area contributed by atoms with Crippen molar-refractivity contribution in [3.05, 3.63) is 106 Å². The highest BCUT2D eigenvalue weighted by atomic mass is 35.5. The lowest BCUT2D eigenvalue weighted by Crippen LogP contribution is -2.29. The Morgan fingerprint density at radius 1 is 1.03 bits per heavy atom. The van der Waals surface area contributed by atoms with Crippen LogP contribution in [-0.2, 0) is 4.74 Å². The highest BCUT2D eigenvalue weighted by molar-refractivity contribution is 7.80. The maximum absolute atomic E-state index is 11.9. The summed E-state index contributed by atoms with van der Waals surface area (Å²) >= 11 is 12.4. The Kier molecular flexibility index (Phi) is 7.10. The summed E-state index contributed by atoms with van der Waals surface area (Å²) in [5.41, 5.74) is 6.37. The van der Waals surface area contributed by atoms with Crippen LogP contribution in [0.15, 0.2) is 72.9 Å². The van der Waals surface area contributed by atoms with E-state index in [1.807, 2.05) is 48.5 Å². The molecule has 1 saturated heterocycles. The van der Waals surface area contributed by atoms with Gasteiger partial charge in [-0.05, 0) is 92.3 Å². The van der Waals surface area contributed by atoms with Gasteiger partial charge in [-0.3, -0.25) is 4.98 Å². The summed E-state index contributed by atoms with van der Waals surface area (Å²) in [5.74, 6) is 0.232. The van der Waals surface area contributed by atoms with Crippen LogP contribution in [0.3, 0.4) is 0 Å². The van der Waals surface area contributed by atoms with Crippen LogP contribution in [0, 0.1) is 13.8 Å². The Bertz CT molecular complexity index is 1500. The molecule has 0 amide bonds. The number of hydrogen-bond acceptors (Lipinski definition) is 5. The number of thiocarbonyl (C=S) groups is 1. The molecule has 1 aliphatic heterocycles. The first-order chi connectivity index (χ1) is 18.3. The lowest BCUT2D eigenvalue weighted by Gasteiger charge is -2.28. The third-order valence-electron chi connectivity index (χ3n) is 6.85. The normalized spacial score (nSPS) is 16.9. The largest absolute Gasteiger partial charge is 0.495 e. The molecule has 2 atom stereocenters. The molecule has 0 spiro atoms. The van der Waals surface area contributed by atoms with Crippen LogP contribution < -0.4 is 15.0 Å². The van der Waals surface area contributed by atoms with Crippen LogP contribution in [0.25, 0.3) is 5.69 Å². The first-order valence-corrected chi connectivity index (χ1v) is 12.8. The van der Waals surface area contributed by atoms with Crippen molar-refractivity contribution in [2.24, 2.45) is 0 Å². The van der Waals surface area contributed by atoms with Gasteiger partial charge in [0.25, 0.3) is 0 Å². The number of nitrogens with zero attached hydrogens (tertiary/aromatic N) is 3. The summed E-state index contributed by atoms with van der Waals surface area (Å²) in [6.45, 7) is 4.16. The first kappa shape index (κ1) is 25.8. The number of aryl methyl sites for hydroxylation is 1. The minimum atomic E-state index is -0.365. The van der Waals surface area contributed by atoms with E-state index in [1.54, 1.807) is 25.4 Å². The predicted octanol–water partition coefficient (Wildman–Crippen LogP) is 6.11. The van der Waals surface area contributed by atoms with Gasteiger partial charge in [0.2, 0.25) is 0 Å². The van der Waals surface area contributed by atoms with Gasteiger partial charge in [-0.15, -0.1) is 0 Å². The van der Waals surface area contributed by atoms with Crippen molar-refractivity contribution in [3.63, 3.8) is 0 Å². The third-order valence-corrected chi connectivity index (χ3v) is 7.46. The molecule has 1 fully saturated rings. The van der Waals surface area contributed by atoms with Crippen LogP contribution in [-0.4, -0.2) is 34.9 Å². The van der Waals surface area contributed by atoms with E-state index in [0.717, 1.165) is 34.0 Å². The minimum Gasteiger partial charge on any atom is -0.495 e. The monoisotopic (exact) mass is 546 g/mol. The van der Waals surface area contributed by atoms with Gasteiger partial charge < -0.3 is 24.3 Å². The van der Waals surface area contributed by atoms with Gasteiger partial charge in [0.15, 0.2) is 5.11 Å². The van der Waals surface area contributed by atoms with Crippen molar-refractivity contribution in [2.45, 2.75) is 25.9 Å². The van der Waals surface area contributed by atoms with Crippen molar-refractivity contribution in [2.75, 3.05) is 19.1 Å². The Labute approximate surface area is 232 Å². The number of carbonyl (C=O) groups is 1. The van der Waals surface area contributed by atoms with E-state index in [1.165, 1.54) is 7.11 Å². The quantitative estimate of drug-likeness (QED) is 0.231. The number of methoxy groups -OCH3 is 2. The minimum absolute atomic E-state index is 0.194. The summed E-state index contributed by atoms with van der Waals surface area (Å²) < 4.78 is 12.4. The van der Waals surface area contributed by atoms with Gasteiger partial charge in [-0.25, -0.2) is 4.79 Å². The van der Waals surface area contributed by atoms with E-state index < -0.39 is 0 Å². The lowest BCUT2D eigenvalue weighted by molar-refractivity contribution is 0.0600. The number of benzene rings is 2. The van der Waals surface area contributed by atoms with Crippen LogP contribution in [0.4, 0.5) is 5.69 Å². The van der Waals surface area contributed by atoms with E-state index in [-0.39, 0.29) is 18.1 Å². The molecule has 2 aromatic carbocycles. The number of anilines is 1. The summed E-state index contributed by atoms with van der Waals surface area (Å²) in [6, 6.07) is 20.7. The van der Waals surface area contributed by atoms with Crippen molar-refractivity contribution in [3.8, 4) is 11.4 Å². The van der Waals surface area contributed by atoms with Gasteiger partial charge >= 0.3 is 5.97 Å². The highest BCUT2D eigenvalue weighted by Crippen LogP contribution is 2.44. The number of hydrogen-bond donors (Lipinski definition) is 1. The second-order valence-corrected chi connectivity index (χ2v) is 9.81. The summed E-state index contributed by atoms with van der Waals surface area (Å²) in [5, 5.41) is 4.58. The van der Waals surface area contributed by atoms with E-state index in [0.29, 0.717) is 21.4 Å². The molecule has 4 aromatic rings. The van der Waals surface area contributed by atoms with Gasteiger partial charge in [0, 0.05) is 29.0 Å². The molecule has 0 radical (unpaired) electrons. The maximum Gasteiger partial charge on any atom is 0.337 e. The number of pyridine rings is 1. The molecule has 0 saturated carbocycles. The molecule has 0 aliphatic carbocycles. The highest BCUT2D eigenvalue weighted by Gasteiger charge is 2.42. The molecular formula is C29H27ClN4O3S. The van der Waals surface area contributed by atoms with Gasteiger partial charge in [0.1, 0.15) is 5.75 Å². The average molecular weight is 547 g/mol. The number of esters is 1. The molecule has 3 heterocycles. The molecule has 7 nitrogen and oxygen atoms in total. The molecule has 0 unspecified atom stereocenters. The zero-order chi connectivity index (χ0) is 27.0. The van der Waals surface area contributed by atoms with E-state index >= 15 is 0 Å². The van der Waals surface area contributed by atoms with Crippen LogP contribution in [0.2, 0.25) is 5.02 Å². The smallest absolute Gasteiger partial charge is 0.337 e. The van der Waals surface area contributed by atoms with Crippen molar-refractivity contribution < 1.29 is 14.3 Å². The molecule has 1 aliphatic rings. The Hall–Kier alpha value is -3.88. The predicted molar refractivity (Wildman–Crippen MR) is 153 cm³/mol. The second-order valence-electron chi connectivity index (χ2n) is 9.02. The fraction of sp³-hybridized carbons (Fsp3) is 0.207. The van der Waals surface area contributed by atoms with Crippen LogP contribution >= 0.6 is 23.8 Å². The molecule has 194 valence electrons. The standard InChI is InChI=1S/C29H27ClN4O3S/c1-17-15-22(18(2)33(17)20-10-8-19(9-11-20)28(35)37-4)27-26(24-7-5-6-14-31-24)32-29(38)34(27)21-12-13-25(36-3)23(30)16-21/h5-16,26-27H,1-4H3,(H,32,38)/t26-,27+/m0/s1. The molecule has 2 aromatic heterocycles. The van der Waals surface area contributed by atoms with Crippen molar-refractivity contribution in [1.82, 2.24) is 14.9 Å². The number of carbonyl (C=O) groups excluding carboxylic acids is 1. The van der Waals surface area contributed by atoms with E-state index in [9.17, 15) is 4.79 Å². The first-order valence-electron chi connectivity index (χ1n) is 12.1. The zero-order valence-electron chi connectivity index (χ0n) is 21.4. The number of rotatable bonds is 6. The van der Waals surface area contributed by atoms with Crippen molar-refractivity contribution in [1.29, 1.82) is 0 Å². The molecule has 5 rings (SSSR count). The molecule has 0 bridgehead atoms. The summed E-state index contributed by atoms with van der Waals surface area (Å²) in [6.07, 6.45) is 1.79. The third kappa shape index (κ3) is 4.50. The second kappa shape index (κ2) is 10.5. The summed E-state index contributed by atoms with van der Waals surface area (Å²) in [7, 11) is 2.97. The fourth-order valence-corrected chi connectivity index (χ4v) is 5.70. The SMILES string of the molecule is COC(=O)c1ccc(-n2c(C)cc([C@@H]3[C@H](c4ccccn4)NC(=S)N3c3ccc(OC)c(Cl)c3)c2C)cc1. The number of ether oxygens (including phenoxy) is 2. The number of halogens is 1. The molecule has 1 N–H and O–H groups in total. The van der Waals surface area contributed by atoms with Crippen LogP contribution in [0.5, 0.6) is 5.75 Å². The van der Waals surface area contributed by atoms with Gasteiger partial charge in [-0.2, -0.15) is 0 Å². The molecule has 9 heteroatoms. The zero-order valence-corrected chi connectivity index (χ0v) is 23.0. The Morgan fingerprint density at radius 3 is 2.39 bits per heavy atom. The average Bonchev–Trinajstić information content (AvgIpc) is 3.43. The van der Waals surface area contributed by atoms with Gasteiger partial charge in [0.05, 0.1) is 42.6 Å². The number of aromatic nitrogens is 2. The van der Waals surface area contributed by atoms with Crippen molar-refractivity contribution >= 4 is 40.6 Å². The number of nitrogens with one attached hydrogen (secondary N) is 1. The van der Waals surface area contributed by atoms with Gasteiger partial charge in [-0.1, -0.05) is 17.7 Å². The Balaban J connectivity index is 1.63. The maximum atomic E-state index is 11.9. The topological polar surface area (TPSA) is 68.6 Å². The molecule has 38 heavy (non-hydrogen) atoms. The summed E-state index contributed by atoms with van der Waals surface area (Å²) in [4.78, 5) is 18.7.